The van der Waals surface area contributed by atoms with Crippen LogP contribution in [0.2, 0.25) is 0 Å². The Labute approximate surface area is 280 Å². The van der Waals surface area contributed by atoms with Crippen molar-refractivity contribution in [3.05, 3.63) is 11.8 Å². The van der Waals surface area contributed by atoms with E-state index >= 15 is 4.39 Å². The molecule has 1 amide bonds. The van der Waals surface area contributed by atoms with Crippen LogP contribution in [0.3, 0.4) is 0 Å². The quantitative estimate of drug-likeness (QED) is 0.306. The van der Waals surface area contributed by atoms with Crippen molar-refractivity contribution in [2.75, 3.05) is 26.7 Å². The summed E-state index contributed by atoms with van der Waals surface area (Å²) in [6, 6.07) is -1.74. The minimum Gasteiger partial charge on any atom is -0.369 e. The number of nitrogens with one attached hydrogen (secondary N) is 2. The van der Waals surface area contributed by atoms with Crippen LogP contribution in [0.1, 0.15) is 91.9 Å². The lowest BCUT2D eigenvalue weighted by molar-refractivity contribution is -0.212. The van der Waals surface area contributed by atoms with Crippen LogP contribution in [0.15, 0.2) is 11.8 Å². The van der Waals surface area contributed by atoms with Gasteiger partial charge in [0.1, 0.15) is 6.17 Å². The highest BCUT2D eigenvalue weighted by atomic mass is 19.1. The Kier molecular flexibility index (Phi) is 9.08. The average molecular weight is 659 g/mol. The maximum Gasteiger partial charge on any atom is 0.256 e. The molecule has 7 rings (SSSR count). The number of alkyl halides is 1. The van der Waals surface area contributed by atoms with Gasteiger partial charge in [0.25, 0.3) is 5.91 Å². The van der Waals surface area contributed by atoms with Crippen molar-refractivity contribution < 1.29 is 23.9 Å². The summed E-state index contributed by atoms with van der Waals surface area (Å²) >= 11 is 0. The van der Waals surface area contributed by atoms with Crippen LogP contribution in [0.25, 0.3) is 0 Å². The third kappa shape index (κ3) is 5.78. The second-order valence-corrected chi connectivity index (χ2v) is 17.3. The van der Waals surface area contributed by atoms with Crippen molar-refractivity contribution in [3.8, 4) is 0 Å². The number of halogens is 1. The maximum absolute atomic E-state index is 16.7. The van der Waals surface area contributed by atoms with Gasteiger partial charge in [-0.2, -0.15) is 5.06 Å². The number of morpholine rings is 1. The summed E-state index contributed by atoms with van der Waals surface area (Å²) in [6.45, 7) is 10.2. The molecule has 7 aliphatic rings. The lowest BCUT2D eigenvalue weighted by atomic mass is 9.64. The molecule has 12 atom stereocenters. The molecule has 3 saturated heterocycles. The average Bonchev–Trinajstić information content (AvgIpc) is 3.51. The van der Waals surface area contributed by atoms with Crippen LogP contribution in [0.4, 0.5) is 4.39 Å². The molecule has 6 fully saturated rings. The molecule has 3 aliphatic carbocycles. The Balaban J connectivity index is 1.16. The molecule has 0 aromatic rings. The maximum atomic E-state index is 16.7. The summed E-state index contributed by atoms with van der Waals surface area (Å²) < 4.78 is 23.6. The number of hydrogen-bond acceptors (Lipinski definition) is 9. The number of fused-ring (bicyclic) bond motifs is 3. The van der Waals surface area contributed by atoms with Crippen LogP contribution >= 0.6 is 0 Å². The summed E-state index contributed by atoms with van der Waals surface area (Å²) in [7, 11) is 2.12. The summed E-state index contributed by atoms with van der Waals surface area (Å²) in [5.74, 6) is -0.323. The van der Waals surface area contributed by atoms with Gasteiger partial charge in [0.2, 0.25) is 0 Å². The molecule has 0 aromatic heterocycles. The molecular weight excluding hydrogens is 599 g/mol. The molecule has 0 bridgehead atoms. The first-order valence-corrected chi connectivity index (χ1v) is 18.6. The number of ketones is 1. The van der Waals surface area contributed by atoms with Gasteiger partial charge in [-0.3, -0.25) is 9.59 Å². The molecular formula is C36H59FN6O4. The third-order valence-electron chi connectivity index (χ3n) is 13.8. The molecule has 12 unspecified atom stereocenters. The number of carbonyl (C=O) groups excluding carboxylic acids is 2. The Morgan fingerprint density at radius 2 is 1.85 bits per heavy atom. The second kappa shape index (κ2) is 12.6. The van der Waals surface area contributed by atoms with Gasteiger partial charge in [-0.15, -0.1) is 0 Å². The van der Waals surface area contributed by atoms with Crippen molar-refractivity contribution in [2.45, 2.75) is 152 Å². The number of likely N-dealkylation sites (tertiary alicyclic amines) is 1. The number of Topliss-reactive ketones (excluding diaryl/α,β-unsaturated/α-hetero) is 1. The topological polar surface area (TPSA) is 123 Å². The van der Waals surface area contributed by atoms with E-state index in [4.69, 9.17) is 10.5 Å². The van der Waals surface area contributed by atoms with E-state index in [2.05, 4.69) is 27.5 Å². The molecule has 264 valence electrons. The minimum absolute atomic E-state index is 0.0302. The van der Waals surface area contributed by atoms with Crippen LogP contribution < -0.4 is 16.4 Å². The Bertz CT molecular complexity index is 1250. The predicted octanol–water partition coefficient (Wildman–Crippen LogP) is 2.98. The van der Waals surface area contributed by atoms with Gasteiger partial charge in [0.15, 0.2) is 5.78 Å². The summed E-state index contributed by atoms with van der Waals surface area (Å²) in [5.41, 5.74) is 5.95. The number of hydroxylamine groups is 2. The van der Waals surface area contributed by atoms with Crippen molar-refractivity contribution in [1.82, 2.24) is 25.5 Å². The number of carbonyl (C=O) groups is 2. The van der Waals surface area contributed by atoms with E-state index in [-0.39, 0.29) is 35.3 Å². The molecule has 47 heavy (non-hydrogen) atoms. The highest BCUT2D eigenvalue weighted by molar-refractivity contribution is 6.20. The van der Waals surface area contributed by atoms with E-state index in [1.807, 2.05) is 33.9 Å². The third-order valence-corrected chi connectivity index (χ3v) is 13.8. The number of rotatable bonds is 7. The number of hydrogen-bond donors (Lipinski definition) is 4. The Morgan fingerprint density at radius 3 is 2.51 bits per heavy atom. The zero-order chi connectivity index (χ0) is 33.4. The predicted molar refractivity (Wildman–Crippen MR) is 177 cm³/mol. The van der Waals surface area contributed by atoms with Gasteiger partial charge in [-0.25, -0.2) is 4.39 Å². The van der Waals surface area contributed by atoms with Crippen LogP contribution in [-0.2, 0) is 14.3 Å². The van der Waals surface area contributed by atoms with Crippen LogP contribution in [-0.4, -0.2) is 118 Å². The van der Waals surface area contributed by atoms with E-state index in [1.54, 1.807) is 0 Å². The van der Waals surface area contributed by atoms with E-state index in [0.29, 0.717) is 31.0 Å². The number of ether oxygens (including phenoxy) is 1. The van der Waals surface area contributed by atoms with Crippen molar-refractivity contribution in [1.29, 1.82) is 0 Å². The minimum atomic E-state index is -1.53. The zero-order valence-electron chi connectivity index (χ0n) is 29.2. The van der Waals surface area contributed by atoms with Crippen LogP contribution in [0, 0.1) is 23.7 Å². The molecule has 11 heteroatoms. The van der Waals surface area contributed by atoms with Crippen LogP contribution in [0.5, 0.6) is 0 Å². The van der Waals surface area contributed by atoms with E-state index < -0.39 is 47.4 Å². The first-order valence-electron chi connectivity index (χ1n) is 18.6. The lowest BCUT2D eigenvalue weighted by Crippen LogP contribution is -2.78. The molecule has 0 spiro atoms. The van der Waals surface area contributed by atoms with E-state index in [9.17, 15) is 14.8 Å². The van der Waals surface area contributed by atoms with E-state index in [1.165, 1.54) is 37.2 Å². The summed E-state index contributed by atoms with van der Waals surface area (Å²) in [6.07, 6.45) is 10.3. The monoisotopic (exact) mass is 658 g/mol. The molecule has 4 aliphatic heterocycles. The summed E-state index contributed by atoms with van der Waals surface area (Å²) in [5, 5.41) is 19.0. The van der Waals surface area contributed by atoms with Gasteiger partial charge in [-0.1, -0.05) is 25.7 Å². The molecule has 5 N–H and O–H groups in total. The van der Waals surface area contributed by atoms with Gasteiger partial charge < -0.3 is 36.1 Å². The lowest BCUT2D eigenvalue weighted by Gasteiger charge is -2.62. The normalized spacial score (nSPS) is 44.4. The smallest absolute Gasteiger partial charge is 0.256 e. The number of amides is 1. The van der Waals surface area contributed by atoms with Gasteiger partial charge >= 0.3 is 0 Å². The molecule has 4 heterocycles. The number of nitrogens with zero attached hydrogens (tertiary/aromatic N) is 3. The Morgan fingerprint density at radius 1 is 1.13 bits per heavy atom. The van der Waals surface area contributed by atoms with Crippen molar-refractivity contribution >= 4 is 11.7 Å². The van der Waals surface area contributed by atoms with Crippen molar-refractivity contribution in [2.24, 2.45) is 29.4 Å². The standard InChI is InChI=1S/C36H59FN6O4/c1-35(2)17-22(36(3,4)43(35)46)18-40-30-28(37)29(38)27-31-33(30)47-26-16-21-10-7-6-9-20(21)15-25(26)42(31)19-24(32(27)44)34(45)39-13-12-23-11-8-14-41(23)5/h19-23,25-31,33,40,46H,6-18,38H2,1-5H3,(H,39,45). The fourth-order valence-electron chi connectivity index (χ4n) is 11.1. The first-order chi connectivity index (χ1) is 22.3. The first kappa shape index (κ1) is 33.8. The van der Waals surface area contributed by atoms with Gasteiger partial charge in [-0.05, 0) is 97.6 Å². The number of nitrogens with two attached hydrogens (primary N) is 1. The fourth-order valence-corrected chi connectivity index (χ4v) is 11.1. The van der Waals surface area contributed by atoms with Crippen molar-refractivity contribution in [3.63, 3.8) is 0 Å². The molecule has 10 nitrogen and oxygen atoms in total. The Hall–Kier alpha value is -1.63. The zero-order valence-corrected chi connectivity index (χ0v) is 29.2. The molecule has 0 radical (unpaired) electrons. The molecule has 0 aromatic carbocycles. The highest BCUT2D eigenvalue weighted by Gasteiger charge is 2.62. The summed E-state index contributed by atoms with van der Waals surface area (Å²) in [4.78, 5) is 32.5. The van der Waals surface area contributed by atoms with Gasteiger partial charge in [0.05, 0.1) is 41.8 Å². The fraction of sp³-hybridized carbons (Fsp3) is 0.889. The highest BCUT2D eigenvalue weighted by Crippen LogP contribution is 2.50. The largest absolute Gasteiger partial charge is 0.369 e. The second-order valence-electron chi connectivity index (χ2n) is 17.3. The van der Waals surface area contributed by atoms with E-state index in [0.717, 1.165) is 38.6 Å². The SMILES string of the molecule is CN1CCCC1CCNC(=O)C1=CN2C3CC4CCCCC4CC3OC3C(NCC4CC(C)(C)N(O)C4(C)C)C(F)C(N)C(C1=O)C32. The molecule has 3 saturated carbocycles. The van der Waals surface area contributed by atoms with Gasteiger partial charge in [0, 0.05) is 42.5 Å².